The van der Waals surface area contributed by atoms with Gasteiger partial charge < -0.3 is 0 Å². The van der Waals surface area contributed by atoms with Crippen molar-refractivity contribution >= 4 is 0 Å². The SMILES string of the molecule is c1cc2c3c(c1)C1CCCC1C31c3c(cccc3C3CCCC31)C2. The first-order valence-corrected chi connectivity index (χ1v) is 10.1. The summed E-state index contributed by atoms with van der Waals surface area (Å²) in [6.07, 6.45) is 9.92. The Bertz CT molecular complexity index is 815. The lowest BCUT2D eigenvalue weighted by molar-refractivity contribution is 0.231. The Balaban J connectivity index is 1.67. The lowest BCUT2D eigenvalue weighted by Gasteiger charge is -2.43. The number of hydrogen-bond acceptors (Lipinski definition) is 0. The summed E-state index contributed by atoms with van der Waals surface area (Å²) < 4.78 is 0. The van der Waals surface area contributed by atoms with Crippen molar-refractivity contribution in [2.75, 3.05) is 0 Å². The molecule has 0 amide bonds. The summed E-state index contributed by atoms with van der Waals surface area (Å²) in [7, 11) is 0. The molecule has 120 valence electrons. The fourth-order valence-corrected chi connectivity index (χ4v) is 8.26. The molecule has 7 rings (SSSR count). The zero-order chi connectivity index (χ0) is 15.5. The maximum atomic E-state index is 2.51. The van der Waals surface area contributed by atoms with Crippen LogP contribution in [0.2, 0.25) is 0 Å². The van der Waals surface area contributed by atoms with Crippen molar-refractivity contribution < 1.29 is 0 Å². The highest BCUT2D eigenvalue weighted by molar-refractivity contribution is 5.67. The topological polar surface area (TPSA) is 0 Å². The van der Waals surface area contributed by atoms with Crippen molar-refractivity contribution in [3.05, 3.63) is 69.8 Å². The van der Waals surface area contributed by atoms with Gasteiger partial charge in [0.2, 0.25) is 0 Å². The lowest BCUT2D eigenvalue weighted by atomic mass is 9.59. The summed E-state index contributed by atoms with van der Waals surface area (Å²) in [6, 6.07) is 14.6. The summed E-state index contributed by atoms with van der Waals surface area (Å²) in [4.78, 5) is 0. The molecule has 5 aliphatic carbocycles. The maximum absolute atomic E-state index is 2.51. The molecule has 2 fully saturated rings. The van der Waals surface area contributed by atoms with Gasteiger partial charge in [0.15, 0.2) is 0 Å². The van der Waals surface area contributed by atoms with Gasteiger partial charge in [0.1, 0.15) is 0 Å². The second-order valence-corrected chi connectivity index (χ2v) is 9.10. The summed E-state index contributed by atoms with van der Waals surface area (Å²) in [5.74, 6) is 3.53. The first kappa shape index (κ1) is 12.8. The van der Waals surface area contributed by atoms with Crippen LogP contribution >= 0.6 is 0 Å². The van der Waals surface area contributed by atoms with Crippen LogP contribution in [0.3, 0.4) is 0 Å². The molecule has 0 aromatic heterocycles. The van der Waals surface area contributed by atoms with E-state index in [0.29, 0.717) is 5.41 Å². The fraction of sp³-hybridized carbons (Fsp3) is 0.500. The average Bonchev–Trinajstić information content (AvgIpc) is 3.34. The highest BCUT2D eigenvalue weighted by Gasteiger charge is 2.66. The molecule has 0 heteroatoms. The van der Waals surface area contributed by atoms with Gasteiger partial charge in [-0.1, -0.05) is 49.2 Å². The van der Waals surface area contributed by atoms with Crippen molar-refractivity contribution in [3.63, 3.8) is 0 Å². The molecule has 4 atom stereocenters. The molecular weight excluding hydrogens is 288 g/mol. The average molecular weight is 312 g/mol. The van der Waals surface area contributed by atoms with Crippen molar-refractivity contribution in [2.45, 2.75) is 62.2 Å². The Morgan fingerprint density at radius 1 is 0.667 bits per heavy atom. The summed E-state index contributed by atoms with van der Waals surface area (Å²) in [5.41, 5.74) is 11.0. The Morgan fingerprint density at radius 3 is 1.75 bits per heavy atom. The highest BCUT2D eigenvalue weighted by Crippen LogP contribution is 2.73. The van der Waals surface area contributed by atoms with E-state index >= 15 is 0 Å². The van der Waals surface area contributed by atoms with Crippen LogP contribution < -0.4 is 0 Å². The van der Waals surface area contributed by atoms with Gasteiger partial charge in [0, 0.05) is 5.41 Å². The second-order valence-electron chi connectivity index (χ2n) is 9.10. The normalized spacial score (nSPS) is 39.5. The van der Waals surface area contributed by atoms with Gasteiger partial charge in [0.05, 0.1) is 0 Å². The molecule has 0 saturated heterocycles. The van der Waals surface area contributed by atoms with Crippen LogP contribution in [0.25, 0.3) is 0 Å². The van der Waals surface area contributed by atoms with Gasteiger partial charge in [-0.25, -0.2) is 0 Å². The van der Waals surface area contributed by atoms with Crippen molar-refractivity contribution in [2.24, 2.45) is 11.8 Å². The van der Waals surface area contributed by atoms with Gasteiger partial charge in [-0.3, -0.25) is 0 Å². The van der Waals surface area contributed by atoms with Crippen molar-refractivity contribution in [1.82, 2.24) is 0 Å². The Labute approximate surface area is 144 Å². The minimum atomic E-state index is 0.415. The number of hydrogen-bond donors (Lipinski definition) is 0. The van der Waals surface area contributed by atoms with E-state index < -0.39 is 0 Å². The molecule has 0 radical (unpaired) electrons. The lowest BCUT2D eigenvalue weighted by Crippen LogP contribution is -2.40. The molecule has 24 heavy (non-hydrogen) atoms. The smallest absolute Gasteiger partial charge is 0.0282 e. The summed E-state index contributed by atoms with van der Waals surface area (Å²) in [5, 5.41) is 0. The summed E-state index contributed by atoms with van der Waals surface area (Å²) >= 11 is 0. The van der Waals surface area contributed by atoms with Gasteiger partial charge in [-0.2, -0.15) is 0 Å². The number of rotatable bonds is 0. The Morgan fingerprint density at radius 2 is 1.21 bits per heavy atom. The molecule has 2 aromatic carbocycles. The molecule has 1 spiro atoms. The van der Waals surface area contributed by atoms with Gasteiger partial charge >= 0.3 is 0 Å². The largest absolute Gasteiger partial charge is 0.0617 e. The number of benzene rings is 2. The van der Waals surface area contributed by atoms with Gasteiger partial charge in [0.25, 0.3) is 0 Å². The standard InChI is InChI=1S/C24H24/c1-5-14-13-15-6-2-10-19-17-8-4-12-21(17)24(23(15)19)20-11-3-7-16(20)18(9-1)22(14)24/h1-2,5-6,9-10,16-17,20-21H,3-4,7-8,11-13H2. The summed E-state index contributed by atoms with van der Waals surface area (Å²) in [6.45, 7) is 0. The van der Waals surface area contributed by atoms with Crippen LogP contribution in [0.15, 0.2) is 36.4 Å². The van der Waals surface area contributed by atoms with E-state index in [4.69, 9.17) is 0 Å². The Kier molecular flexibility index (Phi) is 2.11. The molecule has 4 unspecified atom stereocenters. The van der Waals surface area contributed by atoms with Crippen LogP contribution in [0.5, 0.6) is 0 Å². The minimum absolute atomic E-state index is 0.415. The Hall–Kier alpha value is -1.56. The quantitative estimate of drug-likeness (QED) is 0.588. The first-order chi connectivity index (χ1) is 11.9. The third-order valence-corrected chi connectivity index (χ3v) is 8.57. The van der Waals surface area contributed by atoms with Gasteiger partial charge in [-0.05, 0) is 89.2 Å². The highest BCUT2D eigenvalue weighted by atomic mass is 14.7. The van der Waals surface area contributed by atoms with Crippen LogP contribution in [-0.4, -0.2) is 0 Å². The monoisotopic (exact) mass is 312 g/mol. The van der Waals surface area contributed by atoms with Crippen molar-refractivity contribution in [3.8, 4) is 0 Å². The zero-order valence-electron chi connectivity index (χ0n) is 14.2. The molecule has 5 aliphatic rings. The van der Waals surface area contributed by atoms with E-state index in [1.165, 1.54) is 44.9 Å². The predicted molar refractivity (Wildman–Crippen MR) is 96.6 cm³/mol. The van der Waals surface area contributed by atoms with E-state index in [1.807, 2.05) is 11.1 Å². The molecule has 0 aliphatic heterocycles. The molecule has 0 heterocycles. The van der Waals surface area contributed by atoms with E-state index in [2.05, 4.69) is 36.4 Å². The van der Waals surface area contributed by atoms with Gasteiger partial charge in [-0.15, -0.1) is 0 Å². The number of fused-ring (bicyclic) bond motifs is 4. The van der Waals surface area contributed by atoms with E-state index in [0.717, 1.165) is 23.7 Å². The van der Waals surface area contributed by atoms with Crippen LogP contribution in [0.1, 0.15) is 83.7 Å². The third-order valence-electron chi connectivity index (χ3n) is 8.57. The fourth-order valence-electron chi connectivity index (χ4n) is 8.26. The second kappa shape index (κ2) is 3.98. The van der Waals surface area contributed by atoms with E-state index in [1.54, 1.807) is 22.3 Å². The van der Waals surface area contributed by atoms with Crippen molar-refractivity contribution in [1.29, 1.82) is 0 Å². The zero-order valence-corrected chi connectivity index (χ0v) is 14.2. The first-order valence-electron chi connectivity index (χ1n) is 10.1. The third kappa shape index (κ3) is 1.14. The molecule has 0 N–H and O–H groups in total. The minimum Gasteiger partial charge on any atom is -0.0617 e. The molecule has 2 saturated carbocycles. The van der Waals surface area contributed by atoms with Crippen LogP contribution in [0.4, 0.5) is 0 Å². The maximum Gasteiger partial charge on any atom is 0.0282 e. The van der Waals surface area contributed by atoms with E-state index in [-0.39, 0.29) is 0 Å². The van der Waals surface area contributed by atoms with Crippen LogP contribution in [-0.2, 0) is 11.8 Å². The van der Waals surface area contributed by atoms with Crippen LogP contribution in [0, 0.1) is 11.8 Å². The molecule has 2 aromatic rings. The molecular formula is C24H24. The van der Waals surface area contributed by atoms with E-state index in [9.17, 15) is 0 Å². The molecule has 0 nitrogen and oxygen atoms in total. The molecule has 0 bridgehead atoms. The predicted octanol–water partition coefficient (Wildman–Crippen LogP) is 5.67.